The van der Waals surface area contributed by atoms with Crippen LogP contribution in [0.25, 0.3) is 0 Å². The van der Waals surface area contributed by atoms with Crippen molar-refractivity contribution in [2.75, 3.05) is 33.0 Å². The van der Waals surface area contributed by atoms with E-state index in [1.165, 1.54) is 0 Å². The van der Waals surface area contributed by atoms with Gasteiger partial charge in [-0.15, -0.1) is 0 Å². The van der Waals surface area contributed by atoms with Crippen LogP contribution in [0, 0.1) is 0 Å². The molecule has 0 aliphatic rings. The van der Waals surface area contributed by atoms with Crippen LogP contribution in [0.4, 0.5) is 0 Å². The molecule has 7 nitrogen and oxygen atoms in total. The third kappa shape index (κ3) is 8.70. The van der Waals surface area contributed by atoms with E-state index in [0.29, 0.717) is 6.61 Å². The molecule has 0 saturated heterocycles. The van der Waals surface area contributed by atoms with Crippen LogP contribution in [0.3, 0.4) is 0 Å². The lowest BCUT2D eigenvalue weighted by molar-refractivity contribution is -0.148. The summed E-state index contributed by atoms with van der Waals surface area (Å²) in [6, 6.07) is 0. The van der Waals surface area contributed by atoms with Crippen molar-refractivity contribution in [3.8, 4) is 0 Å². The van der Waals surface area contributed by atoms with Gasteiger partial charge in [0, 0.05) is 13.2 Å². The third-order valence-corrected chi connectivity index (χ3v) is 4.07. The fourth-order valence-corrected chi connectivity index (χ4v) is 2.71. The maximum absolute atomic E-state index is 11.2. The second-order valence-corrected chi connectivity index (χ2v) is 6.07. The molecule has 0 radical (unpaired) electrons. The van der Waals surface area contributed by atoms with Gasteiger partial charge in [0.05, 0.1) is 13.2 Å². The molecule has 0 heterocycles. The van der Waals surface area contributed by atoms with Crippen LogP contribution in [0.5, 0.6) is 0 Å². The van der Waals surface area contributed by atoms with Crippen molar-refractivity contribution in [3.63, 3.8) is 0 Å². The highest BCUT2D eigenvalue weighted by molar-refractivity contribution is 6.59. The SMILES string of the molecule is CCOC(=O)CO[Si](C)(OCC)OCC(=O)OCC. The molecule has 0 N–H and O–H groups in total. The van der Waals surface area contributed by atoms with Crippen LogP contribution in [-0.4, -0.2) is 53.8 Å². The maximum Gasteiger partial charge on any atom is 0.498 e. The normalized spacial score (nSPS) is 11.2. The molecule has 0 atom stereocenters. The van der Waals surface area contributed by atoms with E-state index in [0.717, 1.165) is 0 Å². The molecule has 19 heavy (non-hydrogen) atoms. The number of esters is 2. The van der Waals surface area contributed by atoms with Gasteiger partial charge in [-0.3, -0.25) is 0 Å². The van der Waals surface area contributed by atoms with Gasteiger partial charge in [-0.1, -0.05) is 0 Å². The van der Waals surface area contributed by atoms with Crippen LogP contribution in [0.15, 0.2) is 0 Å². The van der Waals surface area contributed by atoms with Crippen LogP contribution < -0.4 is 0 Å². The fourth-order valence-electron chi connectivity index (χ4n) is 1.17. The molecule has 8 heteroatoms. The van der Waals surface area contributed by atoms with Gasteiger partial charge in [0.25, 0.3) is 0 Å². The predicted octanol–water partition coefficient (Wildman–Crippen LogP) is 0.751. The highest BCUT2D eigenvalue weighted by Crippen LogP contribution is 2.09. The van der Waals surface area contributed by atoms with Crippen LogP contribution >= 0.6 is 0 Å². The summed E-state index contributed by atoms with van der Waals surface area (Å²) in [5.41, 5.74) is 0. The van der Waals surface area contributed by atoms with Gasteiger partial charge in [-0.2, -0.15) is 0 Å². The molecular formula is C11H22O7Si. The quantitative estimate of drug-likeness (QED) is 0.434. The molecule has 0 spiro atoms. The van der Waals surface area contributed by atoms with E-state index in [2.05, 4.69) is 0 Å². The summed E-state index contributed by atoms with van der Waals surface area (Å²) in [4.78, 5) is 22.4. The van der Waals surface area contributed by atoms with Gasteiger partial charge >= 0.3 is 20.7 Å². The van der Waals surface area contributed by atoms with Gasteiger partial charge in [-0.25, -0.2) is 9.59 Å². The first kappa shape index (κ1) is 18.0. The number of rotatable bonds is 10. The minimum absolute atomic E-state index is 0.264. The summed E-state index contributed by atoms with van der Waals surface area (Å²) in [6.07, 6.45) is 0. The average Bonchev–Trinajstić information content (AvgIpc) is 2.36. The first-order valence-corrected chi connectivity index (χ1v) is 8.43. The van der Waals surface area contributed by atoms with E-state index in [9.17, 15) is 9.59 Å². The second-order valence-electron chi connectivity index (χ2n) is 3.48. The minimum Gasteiger partial charge on any atom is -0.464 e. The van der Waals surface area contributed by atoms with Gasteiger partial charge in [0.15, 0.2) is 0 Å². The van der Waals surface area contributed by atoms with Crippen molar-refractivity contribution < 1.29 is 32.3 Å². The van der Waals surface area contributed by atoms with Crippen molar-refractivity contribution in [2.45, 2.75) is 27.3 Å². The number of carbonyl (C=O) groups is 2. The van der Waals surface area contributed by atoms with Crippen molar-refractivity contribution in [3.05, 3.63) is 0 Å². The second kappa shape index (κ2) is 9.90. The minimum atomic E-state index is -3.03. The summed E-state index contributed by atoms with van der Waals surface area (Å²) in [5, 5.41) is 0. The molecule has 0 saturated carbocycles. The molecule has 0 bridgehead atoms. The Hall–Kier alpha value is -0.963. The highest BCUT2D eigenvalue weighted by atomic mass is 28.4. The van der Waals surface area contributed by atoms with Crippen molar-refractivity contribution in [1.29, 1.82) is 0 Å². The van der Waals surface area contributed by atoms with Crippen LogP contribution in [0.2, 0.25) is 6.55 Å². The van der Waals surface area contributed by atoms with E-state index in [1.807, 2.05) is 0 Å². The lowest BCUT2D eigenvalue weighted by Crippen LogP contribution is -2.45. The van der Waals surface area contributed by atoms with Crippen LogP contribution in [0.1, 0.15) is 20.8 Å². The summed E-state index contributed by atoms with van der Waals surface area (Å²) in [6.45, 7) is 7.16. The topological polar surface area (TPSA) is 80.3 Å². The van der Waals surface area contributed by atoms with E-state index < -0.39 is 20.7 Å². The van der Waals surface area contributed by atoms with Gasteiger partial charge in [-0.05, 0) is 20.8 Å². The van der Waals surface area contributed by atoms with Crippen LogP contribution in [-0.2, 0) is 32.3 Å². The lowest BCUT2D eigenvalue weighted by Gasteiger charge is -2.24. The zero-order valence-corrected chi connectivity index (χ0v) is 12.9. The molecule has 0 aliphatic heterocycles. The first-order valence-electron chi connectivity index (χ1n) is 6.20. The summed E-state index contributed by atoms with van der Waals surface area (Å²) in [7, 11) is -3.03. The van der Waals surface area contributed by atoms with Gasteiger partial charge in [0.2, 0.25) is 0 Å². The molecular weight excluding hydrogens is 272 g/mol. The van der Waals surface area contributed by atoms with Crippen molar-refractivity contribution in [1.82, 2.24) is 0 Å². The van der Waals surface area contributed by atoms with Crippen molar-refractivity contribution in [2.24, 2.45) is 0 Å². The highest BCUT2D eigenvalue weighted by Gasteiger charge is 2.36. The van der Waals surface area contributed by atoms with E-state index in [-0.39, 0.29) is 26.4 Å². The Kier molecular flexibility index (Phi) is 9.40. The monoisotopic (exact) mass is 294 g/mol. The largest absolute Gasteiger partial charge is 0.498 e. The first-order chi connectivity index (χ1) is 8.97. The van der Waals surface area contributed by atoms with E-state index in [4.69, 9.17) is 22.8 Å². The Morgan fingerprint density at radius 1 is 0.789 bits per heavy atom. The fraction of sp³-hybridized carbons (Fsp3) is 0.818. The Balaban J connectivity index is 4.24. The van der Waals surface area contributed by atoms with Gasteiger partial charge in [0.1, 0.15) is 13.2 Å². The predicted molar refractivity (Wildman–Crippen MR) is 68.4 cm³/mol. The molecule has 0 fully saturated rings. The zero-order valence-electron chi connectivity index (χ0n) is 11.9. The maximum atomic E-state index is 11.2. The third-order valence-electron chi connectivity index (χ3n) is 1.92. The number of hydrogen-bond donors (Lipinski definition) is 0. The van der Waals surface area contributed by atoms with E-state index >= 15 is 0 Å². The molecule has 0 aliphatic carbocycles. The Bertz CT molecular complexity index is 260. The Morgan fingerprint density at radius 2 is 1.21 bits per heavy atom. The summed E-state index contributed by atoms with van der Waals surface area (Å²) < 4.78 is 25.5. The Morgan fingerprint density at radius 3 is 1.53 bits per heavy atom. The van der Waals surface area contributed by atoms with Gasteiger partial charge < -0.3 is 22.8 Å². The molecule has 0 aromatic carbocycles. The Labute approximate surface area is 114 Å². The zero-order chi connectivity index (χ0) is 14.7. The number of ether oxygens (including phenoxy) is 2. The summed E-state index contributed by atoms with van der Waals surface area (Å²) in [5.74, 6) is -0.999. The standard InChI is InChI=1S/C11H22O7Si/c1-5-14-10(12)8-17-19(4,16-7-3)18-9-11(13)15-6-2/h5-9H2,1-4H3. The molecule has 0 unspecified atom stereocenters. The molecule has 0 aromatic heterocycles. The molecule has 0 aromatic rings. The number of hydrogen-bond acceptors (Lipinski definition) is 7. The van der Waals surface area contributed by atoms with E-state index in [1.54, 1.807) is 27.3 Å². The molecule has 0 amide bonds. The average molecular weight is 294 g/mol. The smallest absolute Gasteiger partial charge is 0.464 e. The summed E-state index contributed by atoms with van der Waals surface area (Å²) >= 11 is 0. The van der Waals surface area contributed by atoms with Crippen molar-refractivity contribution >= 4 is 20.7 Å². The number of carbonyl (C=O) groups excluding carboxylic acids is 2. The molecule has 112 valence electrons. The lowest BCUT2D eigenvalue weighted by atomic mass is 10.7. The molecule has 0 rings (SSSR count).